The molecule has 126 valence electrons. The number of aliphatic hydroxyl groups is 1. The number of hydrogen-bond acceptors (Lipinski definition) is 3. The van der Waals surface area contributed by atoms with Gasteiger partial charge in [0.15, 0.2) is 11.4 Å². The van der Waals surface area contributed by atoms with Crippen LogP contribution in [0.3, 0.4) is 0 Å². The number of hydrogen-bond donors (Lipinski definition) is 2. The van der Waals surface area contributed by atoms with E-state index in [0.717, 1.165) is 12.0 Å². The summed E-state index contributed by atoms with van der Waals surface area (Å²) in [5, 5.41) is 19.5. The summed E-state index contributed by atoms with van der Waals surface area (Å²) in [6, 6.07) is 0. The molecule has 0 saturated carbocycles. The van der Waals surface area contributed by atoms with Gasteiger partial charge in [0.05, 0.1) is 27.6 Å². The molecule has 0 aromatic heterocycles. The Hall–Kier alpha value is -1.46. The minimum Gasteiger partial charge on any atom is -0.481 e. The summed E-state index contributed by atoms with van der Waals surface area (Å²) >= 11 is 0. The van der Waals surface area contributed by atoms with E-state index < -0.39 is 23.8 Å². The number of ketones is 1. The van der Waals surface area contributed by atoms with Crippen molar-refractivity contribution in [3.8, 4) is 0 Å². The predicted molar refractivity (Wildman–Crippen MR) is 87.5 cm³/mol. The van der Waals surface area contributed by atoms with Crippen molar-refractivity contribution in [2.24, 2.45) is 0 Å². The number of rotatable bonds is 9. The lowest BCUT2D eigenvalue weighted by atomic mass is 9.91. The average molecular weight is 312 g/mol. The molecule has 1 atom stereocenters. The molecule has 0 aliphatic heterocycles. The fourth-order valence-electron chi connectivity index (χ4n) is 2.27. The van der Waals surface area contributed by atoms with Crippen molar-refractivity contribution in [2.45, 2.75) is 45.6 Å². The first-order valence-corrected chi connectivity index (χ1v) is 7.45. The van der Waals surface area contributed by atoms with Crippen molar-refractivity contribution in [1.82, 2.24) is 0 Å². The van der Waals surface area contributed by atoms with Gasteiger partial charge in [-0.2, -0.15) is 0 Å². The molecule has 5 heteroatoms. The third kappa shape index (κ3) is 8.74. The van der Waals surface area contributed by atoms with Crippen LogP contribution < -0.4 is 0 Å². The zero-order valence-electron chi connectivity index (χ0n) is 14.6. The zero-order valence-corrected chi connectivity index (χ0v) is 14.6. The van der Waals surface area contributed by atoms with Gasteiger partial charge < -0.3 is 14.7 Å². The topological polar surface area (TPSA) is 74.6 Å². The number of nitrogens with zero attached hydrogens (tertiary/aromatic N) is 1. The number of allylic oxidation sites excluding steroid dienone is 3. The van der Waals surface area contributed by atoms with E-state index in [0.29, 0.717) is 10.9 Å². The summed E-state index contributed by atoms with van der Waals surface area (Å²) in [4.78, 5) is 23.4. The lowest BCUT2D eigenvalue weighted by Crippen LogP contribution is -2.54. The van der Waals surface area contributed by atoms with Gasteiger partial charge in [-0.25, -0.2) is 0 Å². The predicted octanol–water partition coefficient (Wildman–Crippen LogP) is 2.16. The summed E-state index contributed by atoms with van der Waals surface area (Å²) in [5.41, 5.74) is 0.182. The Morgan fingerprint density at radius 3 is 2.09 bits per heavy atom. The van der Waals surface area contributed by atoms with Crippen LogP contribution in [0.15, 0.2) is 23.3 Å². The van der Waals surface area contributed by atoms with E-state index in [9.17, 15) is 14.7 Å². The van der Waals surface area contributed by atoms with E-state index in [1.165, 1.54) is 11.6 Å². The molecule has 2 N–H and O–H groups in total. The Morgan fingerprint density at radius 2 is 1.68 bits per heavy atom. The number of likely N-dealkylation sites (N-methyl/N-ethyl adjacent to an activating group) is 1. The molecule has 0 aliphatic rings. The number of quaternary nitrogens is 1. The molecule has 0 rings (SSSR count). The van der Waals surface area contributed by atoms with Crippen molar-refractivity contribution in [1.29, 1.82) is 0 Å². The summed E-state index contributed by atoms with van der Waals surface area (Å²) < 4.78 is 0.306. The molecule has 22 heavy (non-hydrogen) atoms. The lowest BCUT2D eigenvalue weighted by molar-refractivity contribution is -0.875. The maximum absolute atomic E-state index is 12.4. The highest BCUT2D eigenvalue weighted by Gasteiger charge is 2.42. The van der Waals surface area contributed by atoms with Gasteiger partial charge in [0.25, 0.3) is 0 Å². The smallest absolute Gasteiger partial charge is 0.307 e. The van der Waals surface area contributed by atoms with Crippen LogP contribution in [-0.4, -0.2) is 59.7 Å². The van der Waals surface area contributed by atoms with Crippen molar-refractivity contribution in [2.75, 3.05) is 27.7 Å². The van der Waals surface area contributed by atoms with Crippen LogP contribution in [0.2, 0.25) is 0 Å². The standard InChI is InChI=1S/C17H29NO4/c1-13(2)8-7-9-14(3)10-15(19)17(22,11-16(20)21)12-18(4,5)6/h8,10,22H,7,9,11-12H2,1-6H3/p+1/b14-10-. The number of aliphatic carboxylic acids is 1. The van der Waals surface area contributed by atoms with E-state index >= 15 is 0 Å². The van der Waals surface area contributed by atoms with Gasteiger partial charge in [0.1, 0.15) is 6.54 Å². The van der Waals surface area contributed by atoms with Crippen molar-refractivity contribution >= 4 is 11.8 Å². The van der Waals surface area contributed by atoms with E-state index in [1.54, 1.807) is 0 Å². The first kappa shape index (κ1) is 20.5. The average Bonchev–Trinajstić information content (AvgIpc) is 2.23. The van der Waals surface area contributed by atoms with Crippen molar-refractivity contribution in [3.05, 3.63) is 23.3 Å². The van der Waals surface area contributed by atoms with Crippen LogP contribution in [-0.2, 0) is 9.59 Å². The number of carboxylic acids is 1. The van der Waals surface area contributed by atoms with Crippen LogP contribution >= 0.6 is 0 Å². The minimum absolute atomic E-state index is 0.0515. The lowest BCUT2D eigenvalue weighted by Gasteiger charge is -2.33. The van der Waals surface area contributed by atoms with Crippen LogP contribution in [0.1, 0.15) is 40.0 Å². The highest BCUT2D eigenvalue weighted by Crippen LogP contribution is 2.19. The molecular formula is C17H30NO4+. The molecule has 0 fully saturated rings. The molecule has 0 radical (unpaired) electrons. The van der Waals surface area contributed by atoms with Crippen LogP contribution in [0.25, 0.3) is 0 Å². The molecule has 0 heterocycles. The Kier molecular flexibility index (Phi) is 7.70. The molecule has 5 nitrogen and oxygen atoms in total. The van der Waals surface area contributed by atoms with Crippen molar-refractivity contribution in [3.63, 3.8) is 0 Å². The highest BCUT2D eigenvalue weighted by atomic mass is 16.4. The van der Waals surface area contributed by atoms with Crippen LogP contribution in [0.5, 0.6) is 0 Å². The fraction of sp³-hybridized carbons (Fsp3) is 0.647. The van der Waals surface area contributed by atoms with Gasteiger partial charge in [-0.3, -0.25) is 9.59 Å². The van der Waals surface area contributed by atoms with E-state index in [1.807, 2.05) is 41.9 Å². The molecular weight excluding hydrogens is 282 g/mol. The Morgan fingerprint density at radius 1 is 1.14 bits per heavy atom. The Bertz CT molecular complexity index is 468. The zero-order chi connectivity index (χ0) is 17.6. The molecule has 0 aliphatic carbocycles. The normalized spacial score (nSPS) is 15.1. The van der Waals surface area contributed by atoms with E-state index in [-0.39, 0.29) is 6.54 Å². The maximum atomic E-state index is 12.4. The molecule has 0 bridgehead atoms. The minimum atomic E-state index is -1.87. The van der Waals surface area contributed by atoms with Crippen LogP contribution in [0, 0.1) is 0 Å². The highest BCUT2D eigenvalue weighted by molar-refractivity contribution is 5.99. The van der Waals surface area contributed by atoms with Gasteiger partial charge in [0, 0.05) is 0 Å². The molecule has 0 spiro atoms. The molecule has 0 amide bonds. The molecule has 0 aromatic carbocycles. The fourth-order valence-corrected chi connectivity index (χ4v) is 2.27. The summed E-state index contributed by atoms with van der Waals surface area (Å²) in [5.74, 6) is -1.71. The second-order valence-corrected chi connectivity index (χ2v) is 7.23. The summed E-state index contributed by atoms with van der Waals surface area (Å²) in [6.07, 6.45) is 4.42. The van der Waals surface area contributed by atoms with Gasteiger partial charge in [-0.1, -0.05) is 17.2 Å². The van der Waals surface area contributed by atoms with Gasteiger partial charge in [-0.15, -0.1) is 0 Å². The largest absolute Gasteiger partial charge is 0.481 e. The SMILES string of the molecule is CC(C)=CCC/C(C)=C\C(=O)C(O)(CC(=O)O)C[N+](C)(C)C. The second-order valence-electron chi connectivity index (χ2n) is 7.23. The maximum Gasteiger partial charge on any atom is 0.307 e. The van der Waals surface area contributed by atoms with Gasteiger partial charge >= 0.3 is 5.97 Å². The second kappa shape index (κ2) is 8.25. The van der Waals surface area contributed by atoms with Crippen molar-refractivity contribution < 1.29 is 24.3 Å². The van der Waals surface area contributed by atoms with Gasteiger partial charge in [-0.05, 0) is 39.7 Å². The third-order valence-corrected chi connectivity index (χ3v) is 3.11. The Labute approximate surface area is 133 Å². The summed E-state index contributed by atoms with van der Waals surface area (Å²) in [6.45, 7) is 5.90. The van der Waals surface area contributed by atoms with E-state index in [4.69, 9.17) is 5.11 Å². The van der Waals surface area contributed by atoms with Crippen LogP contribution in [0.4, 0.5) is 0 Å². The molecule has 0 saturated heterocycles. The Balaban J connectivity index is 5.11. The number of carbonyl (C=O) groups excluding carboxylic acids is 1. The van der Waals surface area contributed by atoms with Gasteiger partial charge in [0.2, 0.25) is 0 Å². The first-order chi connectivity index (χ1) is 9.85. The molecule has 0 aromatic rings. The first-order valence-electron chi connectivity index (χ1n) is 7.45. The molecule has 1 unspecified atom stereocenters. The number of carboxylic acid groups (broad SMARTS) is 1. The quantitative estimate of drug-likeness (QED) is 0.389. The monoisotopic (exact) mass is 312 g/mol. The van der Waals surface area contributed by atoms with E-state index in [2.05, 4.69) is 6.08 Å². The third-order valence-electron chi connectivity index (χ3n) is 3.11. The summed E-state index contributed by atoms with van der Waals surface area (Å²) in [7, 11) is 5.43. The number of carbonyl (C=O) groups is 2.